The quantitative estimate of drug-likeness (QED) is 0.617. The van der Waals surface area contributed by atoms with Gasteiger partial charge in [-0.05, 0) is 53.0 Å². The second kappa shape index (κ2) is 8.20. The minimum absolute atomic E-state index is 0.0775. The molecular formula is C15H16BrN3O3. The molecule has 0 aliphatic carbocycles. The summed E-state index contributed by atoms with van der Waals surface area (Å²) in [6.07, 6.45) is 2.31. The highest BCUT2D eigenvalue weighted by atomic mass is 79.9. The number of primary amides is 1. The summed E-state index contributed by atoms with van der Waals surface area (Å²) in [6, 6.07) is 5.88. The van der Waals surface area contributed by atoms with Gasteiger partial charge in [0.05, 0.1) is 10.6 Å². The molecule has 3 amide bonds. The van der Waals surface area contributed by atoms with Crippen LogP contribution >= 0.6 is 15.9 Å². The predicted octanol–water partition coefficient (Wildman–Crippen LogP) is 2.73. The lowest BCUT2D eigenvalue weighted by Crippen LogP contribution is -2.35. The summed E-state index contributed by atoms with van der Waals surface area (Å²) < 4.78 is 6.41. The number of nitrogens with zero attached hydrogens (tertiary/aromatic N) is 1. The van der Waals surface area contributed by atoms with E-state index in [0.717, 1.165) is 6.42 Å². The first-order chi connectivity index (χ1) is 10.4. The molecule has 3 N–H and O–H groups in total. The zero-order valence-electron chi connectivity index (χ0n) is 12.2. The average Bonchev–Trinajstić information content (AvgIpc) is 2.46. The van der Waals surface area contributed by atoms with Crippen LogP contribution < -0.4 is 15.8 Å². The van der Waals surface area contributed by atoms with E-state index in [1.807, 2.05) is 19.2 Å². The van der Waals surface area contributed by atoms with Crippen molar-refractivity contribution in [3.05, 3.63) is 33.8 Å². The van der Waals surface area contributed by atoms with Crippen molar-refractivity contribution in [2.24, 2.45) is 5.73 Å². The van der Waals surface area contributed by atoms with Crippen molar-refractivity contribution >= 4 is 33.9 Å². The van der Waals surface area contributed by atoms with Crippen LogP contribution in [0, 0.1) is 11.3 Å². The van der Waals surface area contributed by atoms with Crippen LogP contribution in [0.4, 0.5) is 4.79 Å². The summed E-state index contributed by atoms with van der Waals surface area (Å²) in [5.74, 6) is -0.169. The third-order valence-electron chi connectivity index (χ3n) is 2.77. The van der Waals surface area contributed by atoms with E-state index >= 15 is 0 Å². The molecule has 0 aromatic heterocycles. The first kappa shape index (κ1) is 17.7. The van der Waals surface area contributed by atoms with Gasteiger partial charge in [0.25, 0.3) is 5.91 Å². The molecule has 0 saturated heterocycles. The Morgan fingerprint density at radius 1 is 1.55 bits per heavy atom. The lowest BCUT2D eigenvalue weighted by Gasteiger charge is -2.14. The molecule has 0 bridgehead atoms. The average molecular weight is 366 g/mol. The van der Waals surface area contributed by atoms with Gasteiger partial charge in [0.1, 0.15) is 17.4 Å². The number of hydrogen-bond acceptors (Lipinski definition) is 4. The third-order valence-corrected chi connectivity index (χ3v) is 3.39. The first-order valence-electron chi connectivity index (χ1n) is 6.56. The number of ether oxygens (including phenoxy) is 1. The molecule has 1 atom stereocenters. The van der Waals surface area contributed by atoms with Crippen LogP contribution in [0.15, 0.2) is 28.2 Å². The van der Waals surface area contributed by atoms with Crippen molar-refractivity contribution in [3.8, 4) is 11.8 Å². The molecule has 0 radical (unpaired) electrons. The molecule has 116 valence electrons. The van der Waals surface area contributed by atoms with Crippen LogP contribution in [0.2, 0.25) is 0 Å². The number of halogens is 1. The van der Waals surface area contributed by atoms with Crippen molar-refractivity contribution in [1.29, 1.82) is 5.26 Å². The van der Waals surface area contributed by atoms with E-state index in [4.69, 9.17) is 15.7 Å². The Labute approximate surface area is 137 Å². The zero-order valence-corrected chi connectivity index (χ0v) is 13.8. The van der Waals surface area contributed by atoms with Gasteiger partial charge < -0.3 is 10.5 Å². The highest BCUT2D eigenvalue weighted by Gasteiger charge is 2.12. The van der Waals surface area contributed by atoms with Gasteiger partial charge >= 0.3 is 6.03 Å². The minimum Gasteiger partial charge on any atom is -0.490 e. The lowest BCUT2D eigenvalue weighted by molar-refractivity contribution is -0.115. The topological polar surface area (TPSA) is 105 Å². The minimum atomic E-state index is -1.01. The van der Waals surface area contributed by atoms with Gasteiger partial charge in [0.2, 0.25) is 0 Å². The van der Waals surface area contributed by atoms with Crippen molar-refractivity contribution in [1.82, 2.24) is 5.32 Å². The molecule has 1 aromatic rings. The second-order valence-corrected chi connectivity index (χ2v) is 5.37. The van der Waals surface area contributed by atoms with Crippen LogP contribution in [0.1, 0.15) is 25.8 Å². The van der Waals surface area contributed by atoms with E-state index in [1.165, 1.54) is 6.08 Å². The van der Waals surface area contributed by atoms with Gasteiger partial charge in [-0.3, -0.25) is 10.1 Å². The Morgan fingerprint density at radius 2 is 2.23 bits per heavy atom. The van der Waals surface area contributed by atoms with E-state index in [0.29, 0.717) is 15.8 Å². The number of rotatable bonds is 5. The summed E-state index contributed by atoms with van der Waals surface area (Å²) in [4.78, 5) is 22.2. The van der Waals surface area contributed by atoms with Gasteiger partial charge in [0, 0.05) is 0 Å². The fraction of sp³-hybridized carbons (Fsp3) is 0.267. The van der Waals surface area contributed by atoms with E-state index in [-0.39, 0.29) is 11.7 Å². The van der Waals surface area contributed by atoms with Crippen molar-refractivity contribution in [2.75, 3.05) is 0 Å². The Balaban J connectivity index is 3.00. The maximum Gasteiger partial charge on any atom is 0.319 e. The molecule has 0 aliphatic rings. The molecule has 0 heterocycles. The van der Waals surface area contributed by atoms with Crippen LogP contribution in [0.5, 0.6) is 5.75 Å². The number of benzene rings is 1. The Kier molecular flexibility index (Phi) is 6.60. The van der Waals surface area contributed by atoms with E-state index in [9.17, 15) is 9.59 Å². The summed E-state index contributed by atoms with van der Waals surface area (Å²) in [7, 11) is 0. The number of carbonyl (C=O) groups is 2. The fourth-order valence-corrected chi connectivity index (χ4v) is 1.99. The highest BCUT2D eigenvalue weighted by Crippen LogP contribution is 2.28. The van der Waals surface area contributed by atoms with Crippen molar-refractivity contribution in [3.63, 3.8) is 0 Å². The Morgan fingerprint density at radius 3 is 2.73 bits per heavy atom. The molecule has 0 saturated carbocycles. The molecule has 6 nitrogen and oxygen atoms in total. The van der Waals surface area contributed by atoms with Gasteiger partial charge in [-0.1, -0.05) is 13.0 Å². The van der Waals surface area contributed by atoms with E-state index in [2.05, 4.69) is 15.9 Å². The van der Waals surface area contributed by atoms with Gasteiger partial charge in [-0.15, -0.1) is 0 Å². The van der Waals surface area contributed by atoms with Crippen LogP contribution in [0.3, 0.4) is 0 Å². The summed E-state index contributed by atoms with van der Waals surface area (Å²) in [5, 5.41) is 10.8. The van der Waals surface area contributed by atoms with Crippen molar-refractivity contribution < 1.29 is 14.3 Å². The van der Waals surface area contributed by atoms with Crippen LogP contribution in [0.25, 0.3) is 6.08 Å². The van der Waals surface area contributed by atoms with E-state index < -0.39 is 11.9 Å². The molecule has 0 aliphatic heterocycles. The maximum atomic E-state index is 11.6. The standard InChI is InChI=1S/C15H16BrN3O3/c1-3-9(2)22-13-5-4-10(7-12(13)16)6-11(8-17)14(20)19-15(18)21/h4-7,9H,3H2,1-2H3,(H3,18,19,20,21)/b11-6-/t9-/m0/s1. The molecule has 7 heteroatoms. The highest BCUT2D eigenvalue weighted by molar-refractivity contribution is 9.10. The number of imide groups is 1. The van der Waals surface area contributed by atoms with Gasteiger partial charge in [-0.2, -0.15) is 5.26 Å². The Hall–Kier alpha value is -2.33. The van der Waals surface area contributed by atoms with Gasteiger partial charge in [-0.25, -0.2) is 4.79 Å². The SMILES string of the molecule is CC[C@H](C)Oc1ccc(/C=C(/C#N)C(=O)NC(N)=O)cc1Br. The number of carbonyl (C=O) groups excluding carboxylic acids is 2. The van der Waals surface area contributed by atoms with Crippen LogP contribution in [-0.4, -0.2) is 18.0 Å². The molecule has 0 spiro atoms. The summed E-state index contributed by atoms with van der Waals surface area (Å²) in [6.45, 7) is 3.98. The molecule has 22 heavy (non-hydrogen) atoms. The number of nitrogens with two attached hydrogens (primary N) is 1. The largest absolute Gasteiger partial charge is 0.490 e. The number of nitriles is 1. The third kappa shape index (κ3) is 5.22. The normalized spacial score (nSPS) is 12.2. The number of nitrogens with one attached hydrogen (secondary N) is 1. The van der Waals surface area contributed by atoms with E-state index in [1.54, 1.807) is 24.3 Å². The molecular weight excluding hydrogens is 350 g/mol. The fourth-order valence-electron chi connectivity index (χ4n) is 1.50. The number of hydrogen-bond donors (Lipinski definition) is 2. The maximum absolute atomic E-state index is 11.6. The predicted molar refractivity (Wildman–Crippen MR) is 85.8 cm³/mol. The molecule has 0 unspecified atom stereocenters. The molecule has 1 rings (SSSR count). The van der Waals surface area contributed by atoms with Crippen molar-refractivity contribution in [2.45, 2.75) is 26.4 Å². The summed E-state index contributed by atoms with van der Waals surface area (Å²) in [5.41, 5.74) is 5.24. The number of urea groups is 1. The zero-order chi connectivity index (χ0) is 16.7. The first-order valence-corrected chi connectivity index (χ1v) is 7.35. The smallest absolute Gasteiger partial charge is 0.319 e. The lowest BCUT2D eigenvalue weighted by atomic mass is 10.1. The van der Waals surface area contributed by atoms with Gasteiger partial charge in [0.15, 0.2) is 0 Å². The summed E-state index contributed by atoms with van der Waals surface area (Å²) >= 11 is 3.38. The molecule has 1 aromatic carbocycles. The molecule has 0 fully saturated rings. The monoisotopic (exact) mass is 365 g/mol. The second-order valence-electron chi connectivity index (χ2n) is 4.51. The number of amides is 3. The van der Waals surface area contributed by atoms with Crippen LogP contribution in [-0.2, 0) is 4.79 Å². The Bertz CT molecular complexity index is 650.